The summed E-state index contributed by atoms with van der Waals surface area (Å²) in [6.45, 7) is 8.86. The van der Waals surface area contributed by atoms with Gasteiger partial charge in [-0.25, -0.2) is 0 Å². The summed E-state index contributed by atoms with van der Waals surface area (Å²) < 4.78 is 0. The zero-order valence-corrected chi connectivity index (χ0v) is 19.8. The Bertz CT molecular complexity index is 852. The third kappa shape index (κ3) is 5.49. The molecule has 3 amide bonds. The van der Waals surface area contributed by atoms with Crippen molar-refractivity contribution in [2.75, 3.05) is 63.8 Å². The Labute approximate surface area is 196 Å². The molecule has 3 aliphatic heterocycles. The predicted octanol–water partition coefficient (Wildman–Crippen LogP) is 1.56. The molecule has 3 aliphatic rings. The summed E-state index contributed by atoms with van der Waals surface area (Å²) in [6, 6.07) is 7.61. The van der Waals surface area contributed by atoms with Crippen molar-refractivity contribution in [2.45, 2.75) is 45.1 Å². The molecule has 0 aromatic heterocycles. The van der Waals surface area contributed by atoms with Crippen molar-refractivity contribution < 1.29 is 14.4 Å². The Kier molecular flexibility index (Phi) is 7.85. The molecular formula is C25H37N5O3. The number of nitrogens with one attached hydrogen (secondary N) is 1. The van der Waals surface area contributed by atoms with E-state index >= 15 is 0 Å². The molecular weight excluding hydrogens is 418 g/mol. The number of carbonyl (C=O) groups excluding carboxylic acids is 3. The Hall–Kier alpha value is -2.61. The van der Waals surface area contributed by atoms with Gasteiger partial charge in [0.15, 0.2) is 0 Å². The fourth-order valence-corrected chi connectivity index (χ4v) is 5.19. The van der Waals surface area contributed by atoms with Crippen molar-refractivity contribution in [2.24, 2.45) is 0 Å². The lowest BCUT2D eigenvalue weighted by Gasteiger charge is -2.43. The van der Waals surface area contributed by atoms with E-state index in [9.17, 15) is 14.4 Å². The summed E-state index contributed by atoms with van der Waals surface area (Å²) >= 11 is 0. The number of piperazine rings is 2. The van der Waals surface area contributed by atoms with Gasteiger partial charge in [-0.1, -0.05) is 19.1 Å². The number of piperidine rings is 1. The van der Waals surface area contributed by atoms with Gasteiger partial charge in [-0.2, -0.15) is 0 Å². The molecule has 3 saturated heterocycles. The number of nitrogens with zero attached hydrogens (tertiary/aromatic N) is 4. The maximum Gasteiger partial charge on any atom is 0.253 e. The zero-order valence-electron chi connectivity index (χ0n) is 19.8. The number of carbonyl (C=O) groups is 3. The average Bonchev–Trinajstić information content (AvgIpc) is 2.86. The van der Waals surface area contributed by atoms with Crippen LogP contribution in [0.1, 0.15) is 49.4 Å². The second kappa shape index (κ2) is 11.0. The number of rotatable bonds is 8. The van der Waals surface area contributed by atoms with Gasteiger partial charge in [-0.15, -0.1) is 0 Å². The van der Waals surface area contributed by atoms with E-state index in [1.807, 2.05) is 24.3 Å². The molecule has 3 fully saturated rings. The summed E-state index contributed by atoms with van der Waals surface area (Å²) in [5, 5.41) is 2.98. The van der Waals surface area contributed by atoms with E-state index in [-0.39, 0.29) is 30.3 Å². The summed E-state index contributed by atoms with van der Waals surface area (Å²) in [6.07, 6.45) is 4.64. The van der Waals surface area contributed by atoms with Gasteiger partial charge in [0.1, 0.15) is 6.04 Å². The highest BCUT2D eigenvalue weighted by Gasteiger charge is 2.40. The van der Waals surface area contributed by atoms with E-state index in [0.29, 0.717) is 13.1 Å². The number of fused-ring (bicyclic) bond motifs is 1. The molecule has 1 N–H and O–H groups in total. The Balaban J connectivity index is 1.24. The van der Waals surface area contributed by atoms with Gasteiger partial charge in [0.05, 0.1) is 12.1 Å². The molecule has 0 spiro atoms. The fraction of sp³-hybridized carbons (Fsp3) is 0.640. The van der Waals surface area contributed by atoms with Crippen LogP contribution in [0.5, 0.6) is 0 Å². The number of amides is 3. The van der Waals surface area contributed by atoms with Gasteiger partial charge >= 0.3 is 0 Å². The molecule has 3 heterocycles. The topological polar surface area (TPSA) is 76.2 Å². The monoisotopic (exact) mass is 455 g/mol. The standard InChI is InChI=1S/C25H37N5O3/c1-2-11-26-24(32)20-8-3-4-9-21(20)28-17-15-27(16-18-28)12-7-13-29-19-23(31)30-14-6-5-10-22(30)25(29)33/h3-4,8-9,22H,2,5-7,10-19H2,1H3,(H,26,32)/t22-/m1/s1. The summed E-state index contributed by atoms with van der Waals surface area (Å²) in [5.41, 5.74) is 1.74. The van der Waals surface area contributed by atoms with Crippen molar-refractivity contribution in [3.63, 3.8) is 0 Å². The smallest absolute Gasteiger partial charge is 0.253 e. The van der Waals surface area contributed by atoms with Crippen molar-refractivity contribution in [1.29, 1.82) is 0 Å². The normalized spacial score (nSPS) is 21.8. The van der Waals surface area contributed by atoms with Crippen molar-refractivity contribution in [3.05, 3.63) is 29.8 Å². The minimum Gasteiger partial charge on any atom is -0.368 e. The maximum atomic E-state index is 12.8. The molecule has 1 aromatic carbocycles. The summed E-state index contributed by atoms with van der Waals surface area (Å²) in [7, 11) is 0. The molecule has 33 heavy (non-hydrogen) atoms. The Morgan fingerprint density at radius 2 is 1.82 bits per heavy atom. The van der Waals surface area contributed by atoms with Crippen LogP contribution in [0, 0.1) is 0 Å². The average molecular weight is 456 g/mol. The molecule has 0 aliphatic carbocycles. The fourth-order valence-electron chi connectivity index (χ4n) is 5.19. The first-order valence-corrected chi connectivity index (χ1v) is 12.5. The second-order valence-electron chi connectivity index (χ2n) is 9.31. The molecule has 4 rings (SSSR count). The second-order valence-corrected chi connectivity index (χ2v) is 9.31. The third-order valence-corrected chi connectivity index (χ3v) is 7.05. The molecule has 1 atom stereocenters. The van der Waals surface area contributed by atoms with Crippen LogP contribution in [0.15, 0.2) is 24.3 Å². The van der Waals surface area contributed by atoms with Crippen molar-refractivity contribution >= 4 is 23.4 Å². The van der Waals surface area contributed by atoms with Crippen LogP contribution in [-0.4, -0.2) is 97.4 Å². The quantitative estimate of drug-likeness (QED) is 0.644. The largest absolute Gasteiger partial charge is 0.368 e. The molecule has 8 heteroatoms. The zero-order chi connectivity index (χ0) is 23.2. The molecule has 0 unspecified atom stereocenters. The minimum absolute atomic E-state index is 0.00726. The van der Waals surface area contributed by atoms with Gasteiger partial charge in [-0.05, 0) is 50.8 Å². The Morgan fingerprint density at radius 3 is 2.61 bits per heavy atom. The number of para-hydroxylation sites is 1. The summed E-state index contributed by atoms with van der Waals surface area (Å²) in [4.78, 5) is 46.1. The first-order chi connectivity index (χ1) is 16.1. The van der Waals surface area contributed by atoms with E-state index in [0.717, 1.165) is 82.6 Å². The number of benzene rings is 1. The maximum absolute atomic E-state index is 12.8. The van der Waals surface area contributed by atoms with Gasteiger partial charge in [0.25, 0.3) is 5.91 Å². The predicted molar refractivity (Wildman–Crippen MR) is 128 cm³/mol. The third-order valence-electron chi connectivity index (χ3n) is 7.05. The van der Waals surface area contributed by atoms with Gasteiger partial charge in [0.2, 0.25) is 11.8 Å². The van der Waals surface area contributed by atoms with Crippen molar-refractivity contribution in [3.8, 4) is 0 Å². The van der Waals surface area contributed by atoms with E-state index in [2.05, 4.69) is 22.0 Å². The number of hydrogen-bond acceptors (Lipinski definition) is 5. The molecule has 0 saturated carbocycles. The van der Waals surface area contributed by atoms with Crippen molar-refractivity contribution in [1.82, 2.24) is 20.0 Å². The lowest BCUT2D eigenvalue weighted by atomic mass is 9.98. The molecule has 0 radical (unpaired) electrons. The lowest BCUT2D eigenvalue weighted by Crippen LogP contribution is -2.61. The van der Waals surface area contributed by atoms with E-state index in [1.165, 1.54) is 0 Å². The lowest BCUT2D eigenvalue weighted by molar-refractivity contribution is -0.157. The highest BCUT2D eigenvalue weighted by Crippen LogP contribution is 2.24. The van der Waals surface area contributed by atoms with Gasteiger partial charge < -0.3 is 20.0 Å². The highest BCUT2D eigenvalue weighted by atomic mass is 16.2. The van der Waals surface area contributed by atoms with E-state index < -0.39 is 0 Å². The molecule has 1 aromatic rings. The first kappa shape index (κ1) is 23.5. The first-order valence-electron chi connectivity index (χ1n) is 12.5. The SMILES string of the molecule is CCCNC(=O)c1ccccc1N1CCN(CCCN2CC(=O)N3CCCC[C@@H]3C2=O)CC1. The van der Waals surface area contributed by atoms with Crippen LogP contribution >= 0.6 is 0 Å². The van der Waals surface area contributed by atoms with Crippen LogP contribution < -0.4 is 10.2 Å². The minimum atomic E-state index is -0.224. The van der Waals surface area contributed by atoms with Gasteiger partial charge in [0, 0.05) is 51.5 Å². The van der Waals surface area contributed by atoms with Crippen LogP contribution in [-0.2, 0) is 9.59 Å². The molecule has 0 bridgehead atoms. The number of anilines is 1. The van der Waals surface area contributed by atoms with Crippen LogP contribution in [0.25, 0.3) is 0 Å². The molecule has 180 valence electrons. The number of hydrogen-bond donors (Lipinski definition) is 1. The van der Waals surface area contributed by atoms with Crippen LogP contribution in [0.3, 0.4) is 0 Å². The Morgan fingerprint density at radius 1 is 1.03 bits per heavy atom. The van der Waals surface area contributed by atoms with E-state index in [1.54, 1.807) is 9.80 Å². The molecule has 8 nitrogen and oxygen atoms in total. The highest BCUT2D eigenvalue weighted by molar-refractivity contribution is 5.99. The summed E-state index contributed by atoms with van der Waals surface area (Å²) in [5.74, 6) is 0.235. The van der Waals surface area contributed by atoms with Crippen LogP contribution in [0.4, 0.5) is 5.69 Å². The van der Waals surface area contributed by atoms with Gasteiger partial charge in [-0.3, -0.25) is 19.3 Å². The van der Waals surface area contributed by atoms with E-state index in [4.69, 9.17) is 0 Å². The van der Waals surface area contributed by atoms with Crippen LogP contribution in [0.2, 0.25) is 0 Å².